The summed E-state index contributed by atoms with van der Waals surface area (Å²) in [7, 11) is 0. The highest BCUT2D eigenvalue weighted by Crippen LogP contribution is 2.42. The molecule has 3 atom stereocenters. The number of carbonyl (C=O) groups is 1. The molecule has 4 rings (SSSR count). The van der Waals surface area contributed by atoms with E-state index in [1.807, 2.05) is 23.1 Å². The number of thiophene rings is 1. The van der Waals surface area contributed by atoms with Gasteiger partial charge in [0.2, 0.25) is 5.91 Å². The number of hydrogen-bond acceptors (Lipinski definition) is 4. The first-order valence-corrected chi connectivity index (χ1v) is 9.48. The van der Waals surface area contributed by atoms with Crippen molar-refractivity contribution in [1.82, 2.24) is 10.2 Å². The first-order valence-electron chi connectivity index (χ1n) is 7.55. The first kappa shape index (κ1) is 15.7. The molecule has 0 aromatic carbocycles. The minimum atomic E-state index is 0. The van der Waals surface area contributed by atoms with Crippen molar-refractivity contribution in [3.63, 3.8) is 0 Å². The normalized spacial score (nSPS) is 31.2. The Labute approximate surface area is 140 Å². The fourth-order valence-electron chi connectivity index (χ4n) is 3.83. The molecule has 2 fully saturated rings. The quantitative estimate of drug-likeness (QED) is 0.850. The maximum Gasteiger partial charge on any atom is 0.240 e. The molecule has 0 radical (unpaired) electrons. The Balaban J connectivity index is 0.00000132. The highest BCUT2D eigenvalue weighted by Gasteiger charge is 2.42. The van der Waals surface area contributed by atoms with Crippen LogP contribution in [0.5, 0.6) is 0 Å². The summed E-state index contributed by atoms with van der Waals surface area (Å²) in [5, 5.41) is 5.69. The van der Waals surface area contributed by atoms with Crippen LogP contribution in [-0.4, -0.2) is 41.7 Å². The molecular formula is C15H21ClN2OS2. The van der Waals surface area contributed by atoms with Gasteiger partial charge in [0.05, 0.1) is 0 Å². The Morgan fingerprint density at radius 2 is 2.14 bits per heavy atom. The number of aryl methyl sites for hydroxylation is 1. The summed E-state index contributed by atoms with van der Waals surface area (Å²) in [6, 6.07) is 3.08. The molecule has 4 heterocycles. The zero-order valence-corrected chi connectivity index (χ0v) is 14.4. The summed E-state index contributed by atoms with van der Waals surface area (Å²) >= 11 is 3.66. The number of carbonyl (C=O) groups excluding carboxylic acids is 1. The van der Waals surface area contributed by atoms with Gasteiger partial charge < -0.3 is 10.2 Å². The predicted octanol–water partition coefficient (Wildman–Crippen LogP) is 2.85. The van der Waals surface area contributed by atoms with E-state index in [-0.39, 0.29) is 17.7 Å². The molecule has 3 unspecified atom stereocenters. The Morgan fingerprint density at radius 1 is 1.29 bits per heavy atom. The molecule has 116 valence electrons. The summed E-state index contributed by atoms with van der Waals surface area (Å²) in [4.78, 5) is 16.8. The topological polar surface area (TPSA) is 32.3 Å². The Kier molecular flexibility index (Phi) is 4.84. The number of rotatable bonds is 1. The molecule has 1 aromatic heterocycles. The van der Waals surface area contributed by atoms with Crippen molar-refractivity contribution in [2.45, 2.75) is 43.0 Å². The van der Waals surface area contributed by atoms with Gasteiger partial charge >= 0.3 is 0 Å². The lowest BCUT2D eigenvalue weighted by atomic mass is 10.1. The standard InChI is InChI=1S/C15H20N2OS2.ClH/c18-15(14-12-4-7-19-13(12)5-8-20-14)17-10-1-2-11(17)9-16-6-3-10;/h4,7,10-11,14,16H,1-3,5-6,8-9H2;1H. The van der Waals surface area contributed by atoms with Crippen LogP contribution < -0.4 is 5.32 Å². The minimum absolute atomic E-state index is 0. The number of fused-ring (bicyclic) bond motifs is 3. The molecule has 21 heavy (non-hydrogen) atoms. The highest BCUT2D eigenvalue weighted by atomic mass is 35.5. The smallest absolute Gasteiger partial charge is 0.240 e. The number of hydrogen-bond donors (Lipinski definition) is 1. The van der Waals surface area contributed by atoms with Gasteiger partial charge in [-0.05, 0) is 55.0 Å². The second kappa shape index (κ2) is 6.49. The zero-order valence-electron chi connectivity index (χ0n) is 11.9. The molecule has 0 saturated carbocycles. The molecule has 0 spiro atoms. The van der Waals surface area contributed by atoms with Crippen LogP contribution in [0.4, 0.5) is 0 Å². The van der Waals surface area contributed by atoms with E-state index in [0.29, 0.717) is 18.0 Å². The average Bonchev–Trinajstić information content (AvgIpc) is 3.01. The molecular weight excluding hydrogens is 324 g/mol. The van der Waals surface area contributed by atoms with Gasteiger partial charge in [-0.15, -0.1) is 35.5 Å². The molecule has 3 nitrogen and oxygen atoms in total. The van der Waals surface area contributed by atoms with Crippen molar-refractivity contribution in [2.24, 2.45) is 0 Å². The van der Waals surface area contributed by atoms with Crippen LogP contribution in [0.25, 0.3) is 0 Å². The van der Waals surface area contributed by atoms with E-state index < -0.39 is 0 Å². The summed E-state index contributed by atoms with van der Waals surface area (Å²) in [6.07, 6.45) is 4.63. The largest absolute Gasteiger partial charge is 0.334 e. The SMILES string of the molecule is Cl.O=C(C1SCCc2sccc21)N1C2CCNCC1CC2. The second-order valence-electron chi connectivity index (χ2n) is 5.92. The van der Waals surface area contributed by atoms with Crippen molar-refractivity contribution in [3.8, 4) is 0 Å². The predicted molar refractivity (Wildman–Crippen MR) is 91.6 cm³/mol. The molecule has 6 heteroatoms. The second-order valence-corrected chi connectivity index (χ2v) is 8.14. The van der Waals surface area contributed by atoms with Crippen molar-refractivity contribution in [3.05, 3.63) is 21.9 Å². The van der Waals surface area contributed by atoms with Gasteiger partial charge in [-0.25, -0.2) is 0 Å². The maximum atomic E-state index is 13.1. The first-order chi connectivity index (χ1) is 9.84. The monoisotopic (exact) mass is 344 g/mol. The van der Waals surface area contributed by atoms with Gasteiger partial charge in [-0.2, -0.15) is 0 Å². The van der Waals surface area contributed by atoms with E-state index in [1.165, 1.54) is 23.3 Å². The van der Waals surface area contributed by atoms with E-state index in [9.17, 15) is 4.79 Å². The van der Waals surface area contributed by atoms with Gasteiger partial charge in [-0.3, -0.25) is 4.79 Å². The lowest BCUT2D eigenvalue weighted by molar-refractivity contribution is -0.133. The van der Waals surface area contributed by atoms with Crippen LogP contribution in [0.2, 0.25) is 0 Å². The van der Waals surface area contributed by atoms with Crippen LogP contribution in [0.3, 0.4) is 0 Å². The van der Waals surface area contributed by atoms with Crippen molar-refractivity contribution >= 4 is 41.4 Å². The Bertz CT molecular complexity index is 508. The van der Waals surface area contributed by atoms with Crippen molar-refractivity contribution < 1.29 is 4.79 Å². The van der Waals surface area contributed by atoms with Crippen LogP contribution in [0, 0.1) is 0 Å². The van der Waals surface area contributed by atoms with E-state index in [2.05, 4.69) is 21.7 Å². The Morgan fingerprint density at radius 3 is 3.05 bits per heavy atom. The number of thioether (sulfide) groups is 1. The van der Waals surface area contributed by atoms with Crippen molar-refractivity contribution in [2.75, 3.05) is 18.8 Å². The van der Waals surface area contributed by atoms with E-state index >= 15 is 0 Å². The highest BCUT2D eigenvalue weighted by molar-refractivity contribution is 8.00. The summed E-state index contributed by atoms with van der Waals surface area (Å²) in [6.45, 7) is 2.04. The van der Waals surface area contributed by atoms with Gasteiger partial charge in [0.25, 0.3) is 0 Å². The molecule has 1 N–H and O–H groups in total. The van der Waals surface area contributed by atoms with Crippen LogP contribution in [0.15, 0.2) is 11.4 Å². The third kappa shape index (κ3) is 2.74. The number of amides is 1. The molecule has 1 aromatic rings. The van der Waals surface area contributed by atoms with E-state index in [0.717, 1.165) is 31.7 Å². The summed E-state index contributed by atoms with van der Waals surface area (Å²) < 4.78 is 0. The molecule has 3 aliphatic heterocycles. The van der Waals surface area contributed by atoms with Gasteiger partial charge in [0.1, 0.15) is 5.25 Å². The van der Waals surface area contributed by atoms with Gasteiger partial charge in [-0.1, -0.05) is 0 Å². The van der Waals surface area contributed by atoms with E-state index in [1.54, 1.807) is 0 Å². The number of halogens is 1. The van der Waals surface area contributed by atoms with Crippen LogP contribution in [-0.2, 0) is 11.2 Å². The third-order valence-corrected chi connectivity index (χ3v) is 7.03. The molecule has 2 saturated heterocycles. The fraction of sp³-hybridized carbons (Fsp3) is 0.667. The fourth-order valence-corrected chi connectivity index (χ4v) is 6.18. The molecule has 2 bridgehead atoms. The van der Waals surface area contributed by atoms with E-state index in [4.69, 9.17) is 0 Å². The molecule has 0 aliphatic carbocycles. The third-order valence-electron chi connectivity index (χ3n) is 4.81. The zero-order chi connectivity index (χ0) is 13.5. The van der Waals surface area contributed by atoms with Gasteiger partial charge in [0, 0.05) is 23.5 Å². The van der Waals surface area contributed by atoms with Gasteiger partial charge in [0.15, 0.2) is 0 Å². The lowest BCUT2D eigenvalue weighted by Crippen LogP contribution is -2.44. The van der Waals surface area contributed by atoms with Crippen LogP contribution in [0.1, 0.15) is 35.0 Å². The summed E-state index contributed by atoms with van der Waals surface area (Å²) in [5.74, 6) is 1.47. The van der Waals surface area contributed by atoms with Crippen LogP contribution >= 0.6 is 35.5 Å². The number of nitrogens with zero attached hydrogens (tertiary/aromatic N) is 1. The average molecular weight is 345 g/mol. The Hall–Kier alpha value is -0.230. The van der Waals surface area contributed by atoms with Crippen molar-refractivity contribution in [1.29, 1.82) is 0 Å². The minimum Gasteiger partial charge on any atom is -0.334 e. The molecule has 1 amide bonds. The lowest BCUT2D eigenvalue weighted by Gasteiger charge is -2.33. The molecule has 3 aliphatic rings. The number of nitrogens with one attached hydrogen (secondary N) is 1. The maximum absolute atomic E-state index is 13.1. The summed E-state index contributed by atoms with van der Waals surface area (Å²) in [5.41, 5.74) is 1.30.